The van der Waals surface area contributed by atoms with Crippen LogP contribution in [0.4, 0.5) is 0 Å². The molecule has 0 atom stereocenters. The van der Waals surface area contributed by atoms with Gasteiger partial charge in [-0.05, 0) is 52.7 Å². The van der Waals surface area contributed by atoms with Crippen LogP contribution in [-0.4, -0.2) is 18.0 Å². The van der Waals surface area contributed by atoms with Gasteiger partial charge in [-0.1, -0.05) is 6.07 Å². The predicted molar refractivity (Wildman–Crippen MR) is 80.8 cm³/mol. The Morgan fingerprint density at radius 2 is 2.15 bits per heavy atom. The lowest BCUT2D eigenvalue weighted by Gasteiger charge is -2.08. The average Bonchev–Trinajstić information content (AvgIpc) is 2.45. The van der Waals surface area contributed by atoms with Crippen molar-refractivity contribution in [3.63, 3.8) is 0 Å². The monoisotopic (exact) mass is 334 g/mol. The fourth-order valence-corrected chi connectivity index (χ4v) is 2.29. The van der Waals surface area contributed by atoms with E-state index in [1.807, 2.05) is 31.2 Å². The quantitative estimate of drug-likeness (QED) is 0.934. The number of carbonyl (C=O) groups is 1. The Hall–Kier alpha value is -1.88. The number of nitrogens with one attached hydrogen (secondary N) is 1. The van der Waals surface area contributed by atoms with Gasteiger partial charge in [0.05, 0.1) is 17.1 Å². The molecule has 0 fully saturated rings. The van der Waals surface area contributed by atoms with Gasteiger partial charge in [0.1, 0.15) is 5.75 Å². The molecule has 5 heteroatoms. The number of hydrogen-bond donors (Lipinski definition) is 1. The molecular weight excluding hydrogens is 320 g/mol. The summed E-state index contributed by atoms with van der Waals surface area (Å²) in [4.78, 5) is 16.1. The highest BCUT2D eigenvalue weighted by atomic mass is 79.9. The van der Waals surface area contributed by atoms with E-state index in [-0.39, 0.29) is 5.91 Å². The number of hydrogen-bond acceptors (Lipinski definition) is 3. The van der Waals surface area contributed by atoms with Crippen LogP contribution in [0.5, 0.6) is 5.75 Å². The number of nitrogens with zero attached hydrogens (tertiary/aromatic N) is 1. The Kier molecular flexibility index (Phi) is 4.74. The van der Waals surface area contributed by atoms with E-state index >= 15 is 0 Å². The van der Waals surface area contributed by atoms with Crippen LogP contribution in [0.15, 0.2) is 41.0 Å². The summed E-state index contributed by atoms with van der Waals surface area (Å²) in [6, 6.07) is 9.28. The number of rotatable bonds is 4. The van der Waals surface area contributed by atoms with E-state index in [1.165, 1.54) is 0 Å². The first-order valence-corrected chi connectivity index (χ1v) is 6.92. The van der Waals surface area contributed by atoms with E-state index in [4.69, 9.17) is 4.74 Å². The molecule has 0 unspecified atom stereocenters. The molecule has 0 bridgehead atoms. The Balaban J connectivity index is 1.99. The van der Waals surface area contributed by atoms with E-state index in [1.54, 1.807) is 19.4 Å². The van der Waals surface area contributed by atoms with Gasteiger partial charge in [0, 0.05) is 18.4 Å². The minimum atomic E-state index is -0.135. The van der Waals surface area contributed by atoms with Crippen molar-refractivity contribution in [2.24, 2.45) is 0 Å². The number of halogens is 1. The van der Waals surface area contributed by atoms with Crippen molar-refractivity contribution in [3.05, 3.63) is 57.8 Å². The van der Waals surface area contributed by atoms with Gasteiger partial charge in [0.15, 0.2) is 0 Å². The maximum absolute atomic E-state index is 11.9. The van der Waals surface area contributed by atoms with Gasteiger partial charge in [-0.25, -0.2) is 0 Å². The highest BCUT2D eigenvalue weighted by Crippen LogP contribution is 2.25. The molecule has 104 valence electrons. The molecule has 0 aliphatic rings. The van der Waals surface area contributed by atoms with Crippen molar-refractivity contribution >= 4 is 21.8 Å². The molecule has 0 saturated heterocycles. The molecule has 0 saturated carbocycles. The van der Waals surface area contributed by atoms with Crippen LogP contribution < -0.4 is 10.1 Å². The topological polar surface area (TPSA) is 51.2 Å². The van der Waals surface area contributed by atoms with Crippen LogP contribution in [-0.2, 0) is 6.54 Å². The van der Waals surface area contributed by atoms with Gasteiger partial charge in [-0.3, -0.25) is 9.78 Å². The number of amides is 1. The molecule has 1 heterocycles. The molecule has 1 N–H and O–H groups in total. The third-order valence-electron chi connectivity index (χ3n) is 2.84. The van der Waals surface area contributed by atoms with E-state index in [9.17, 15) is 4.79 Å². The summed E-state index contributed by atoms with van der Waals surface area (Å²) in [5.41, 5.74) is 2.44. The summed E-state index contributed by atoms with van der Waals surface area (Å²) in [5, 5.41) is 2.86. The van der Waals surface area contributed by atoms with Gasteiger partial charge >= 0.3 is 0 Å². The first-order valence-electron chi connectivity index (χ1n) is 6.13. The second kappa shape index (κ2) is 6.52. The SMILES string of the molecule is COc1ccc(CNC(=O)c2ccc(C)nc2)cc1Br. The van der Waals surface area contributed by atoms with Crippen molar-refractivity contribution in [2.45, 2.75) is 13.5 Å². The summed E-state index contributed by atoms with van der Waals surface area (Å²) in [6.45, 7) is 2.34. The van der Waals surface area contributed by atoms with Crippen LogP contribution in [0.1, 0.15) is 21.6 Å². The molecule has 0 spiro atoms. The van der Waals surface area contributed by atoms with Crippen LogP contribution in [0.25, 0.3) is 0 Å². The molecule has 1 aromatic carbocycles. The Labute approximate surface area is 126 Å². The summed E-state index contributed by atoms with van der Waals surface area (Å²) >= 11 is 3.42. The highest BCUT2D eigenvalue weighted by Gasteiger charge is 2.06. The zero-order chi connectivity index (χ0) is 14.5. The maximum atomic E-state index is 11.9. The Bertz CT molecular complexity index is 612. The van der Waals surface area contributed by atoms with E-state index in [0.29, 0.717) is 12.1 Å². The summed E-state index contributed by atoms with van der Waals surface area (Å²) in [7, 11) is 1.62. The van der Waals surface area contributed by atoms with Crippen LogP contribution in [0, 0.1) is 6.92 Å². The number of benzene rings is 1. The van der Waals surface area contributed by atoms with Crippen molar-refractivity contribution in [2.75, 3.05) is 7.11 Å². The van der Waals surface area contributed by atoms with Crippen LogP contribution >= 0.6 is 15.9 Å². The third-order valence-corrected chi connectivity index (χ3v) is 3.46. The maximum Gasteiger partial charge on any atom is 0.253 e. The third kappa shape index (κ3) is 3.57. The van der Waals surface area contributed by atoms with Gasteiger partial charge in [0.2, 0.25) is 0 Å². The molecule has 1 amide bonds. The summed E-state index contributed by atoms with van der Waals surface area (Å²) < 4.78 is 6.03. The number of pyridine rings is 1. The fraction of sp³-hybridized carbons (Fsp3) is 0.200. The highest BCUT2D eigenvalue weighted by molar-refractivity contribution is 9.10. The zero-order valence-corrected chi connectivity index (χ0v) is 12.9. The second-order valence-corrected chi connectivity index (χ2v) is 5.19. The van der Waals surface area contributed by atoms with Gasteiger partial charge in [-0.2, -0.15) is 0 Å². The van der Waals surface area contributed by atoms with E-state index in [2.05, 4.69) is 26.2 Å². The largest absolute Gasteiger partial charge is 0.496 e. The van der Waals surface area contributed by atoms with E-state index < -0.39 is 0 Å². The van der Waals surface area contributed by atoms with Crippen molar-refractivity contribution < 1.29 is 9.53 Å². The minimum absolute atomic E-state index is 0.135. The van der Waals surface area contributed by atoms with Gasteiger partial charge in [-0.15, -0.1) is 0 Å². The molecule has 0 aliphatic carbocycles. The number of ether oxygens (including phenoxy) is 1. The van der Waals surface area contributed by atoms with Crippen molar-refractivity contribution in [1.82, 2.24) is 10.3 Å². The second-order valence-electron chi connectivity index (χ2n) is 4.34. The Morgan fingerprint density at radius 1 is 1.35 bits per heavy atom. The molecule has 0 aliphatic heterocycles. The van der Waals surface area contributed by atoms with Crippen LogP contribution in [0.2, 0.25) is 0 Å². The van der Waals surface area contributed by atoms with E-state index in [0.717, 1.165) is 21.5 Å². The van der Waals surface area contributed by atoms with Crippen molar-refractivity contribution in [3.8, 4) is 5.75 Å². The summed E-state index contributed by atoms with van der Waals surface area (Å²) in [5.74, 6) is 0.632. The van der Waals surface area contributed by atoms with Crippen LogP contribution in [0.3, 0.4) is 0 Å². The zero-order valence-electron chi connectivity index (χ0n) is 11.3. The average molecular weight is 335 g/mol. The first-order chi connectivity index (χ1) is 9.60. The lowest BCUT2D eigenvalue weighted by molar-refractivity contribution is 0.0950. The smallest absolute Gasteiger partial charge is 0.253 e. The normalized spacial score (nSPS) is 10.2. The minimum Gasteiger partial charge on any atom is -0.496 e. The molecule has 2 rings (SSSR count). The number of carbonyl (C=O) groups excluding carboxylic acids is 1. The molecular formula is C15H15BrN2O2. The first kappa shape index (κ1) is 14.5. The fourth-order valence-electron chi connectivity index (χ4n) is 1.71. The van der Waals surface area contributed by atoms with Crippen molar-refractivity contribution in [1.29, 1.82) is 0 Å². The Morgan fingerprint density at radius 3 is 2.75 bits per heavy atom. The number of methoxy groups -OCH3 is 1. The number of aryl methyl sites for hydroxylation is 1. The van der Waals surface area contributed by atoms with Gasteiger partial charge < -0.3 is 10.1 Å². The molecule has 4 nitrogen and oxygen atoms in total. The number of aromatic nitrogens is 1. The molecule has 2 aromatic rings. The molecule has 0 radical (unpaired) electrons. The van der Waals surface area contributed by atoms with Gasteiger partial charge in [0.25, 0.3) is 5.91 Å². The lowest BCUT2D eigenvalue weighted by atomic mass is 10.2. The standard InChI is InChI=1S/C15H15BrN2O2/c1-10-3-5-12(9-17-10)15(19)18-8-11-4-6-14(20-2)13(16)7-11/h3-7,9H,8H2,1-2H3,(H,18,19). The predicted octanol–water partition coefficient (Wildman–Crippen LogP) is 3.09. The summed E-state index contributed by atoms with van der Waals surface area (Å²) in [6.07, 6.45) is 1.58. The molecule has 20 heavy (non-hydrogen) atoms. The lowest BCUT2D eigenvalue weighted by Crippen LogP contribution is -2.22. The molecule has 1 aromatic heterocycles.